The molecule has 0 saturated heterocycles. The van der Waals surface area contributed by atoms with Crippen molar-refractivity contribution in [1.29, 1.82) is 0 Å². The van der Waals surface area contributed by atoms with E-state index in [1.54, 1.807) is 29.6 Å². The van der Waals surface area contributed by atoms with Crippen LogP contribution in [0.15, 0.2) is 39.9 Å². The Balaban J connectivity index is 1.85. The SMILES string of the molecule is Cc1cccc(C(=O)O[C@H]2CCS(=O)(=O)c3sccc32)c1. The number of benzene rings is 1. The van der Waals surface area contributed by atoms with Crippen LogP contribution in [0.25, 0.3) is 0 Å². The molecule has 6 heteroatoms. The first-order valence-corrected chi connectivity index (χ1v) is 9.08. The van der Waals surface area contributed by atoms with Gasteiger partial charge in [0.1, 0.15) is 10.3 Å². The molecule has 0 saturated carbocycles. The molecule has 0 spiro atoms. The van der Waals surface area contributed by atoms with Gasteiger partial charge in [0.05, 0.1) is 11.3 Å². The van der Waals surface area contributed by atoms with Crippen LogP contribution in [0.3, 0.4) is 0 Å². The highest BCUT2D eigenvalue weighted by molar-refractivity contribution is 7.93. The average Bonchev–Trinajstić information content (AvgIpc) is 2.93. The number of carbonyl (C=O) groups excluding carboxylic acids is 1. The highest BCUT2D eigenvalue weighted by atomic mass is 32.2. The third-order valence-corrected chi connectivity index (χ3v) is 6.79. The molecule has 1 atom stereocenters. The second-order valence-corrected chi connectivity index (χ2v) is 8.25. The topological polar surface area (TPSA) is 60.4 Å². The molecule has 4 nitrogen and oxygen atoms in total. The zero-order chi connectivity index (χ0) is 15.0. The smallest absolute Gasteiger partial charge is 0.338 e. The second-order valence-electron chi connectivity index (χ2n) is 5.03. The Hall–Kier alpha value is -1.66. The fourth-order valence-corrected chi connectivity index (χ4v) is 5.34. The number of ether oxygens (including phenoxy) is 1. The highest BCUT2D eigenvalue weighted by Gasteiger charge is 2.33. The van der Waals surface area contributed by atoms with E-state index < -0.39 is 21.9 Å². The van der Waals surface area contributed by atoms with Gasteiger partial charge in [-0.15, -0.1) is 11.3 Å². The van der Waals surface area contributed by atoms with E-state index in [9.17, 15) is 13.2 Å². The minimum Gasteiger partial charge on any atom is -0.454 e. The van der Waals surface area contributed by atoms with E-state index in [0.29, 0.717) is 21.8 Å². The van der Waals surface area contributed by atoms with Gasteiger partial charge < -0.3 is 4.74 Å². The lowest BCUT2D eigenvalue weighted by Crippen LogP contribution is -2.22. The first-order valence-electron chi connectivity index (χ1n) is 6.55. The van der Waals surface area contributed by atoms with Crippen molar-refractivity contribution in [3.8, 4) is 0 Å². The normalized spacial score (nSPS) is 19.8. The Kier molecular flexibility index (Phi) is 3.59. The summed E-state index contributed by atoms with van der Waals surface area (Å²) in [5, 5.41) is 1.72. The molecule has 1 aromatic heterocycles. The molecule has 1 aromatic carbocycles. The molecule has 0 N–H and O–H groups in total. The number of rotatable bonds is 2. The quantitative estimate of drug-likeness (QED) is 0.797. The minimum atomic E-state index is -3.21. The van der Waals surface area contributed by atoms with Crippen LogP contribution in [-0.2, 0) is 14.6 Å². The maximum absolute atomic E-state index is 12.2. The van der Waals surface area contributed by atoms with Gasteiger partial charge in [0, 0.05) is 12.0 Å². The lowest BCUT2D eigenvalue weighted by Gasteiger charge is -2.22. The molecule has 0 fully saturated rings. The number of aryl methyl sites for hydroxylation is 1. The van der Waals surface area contributed by atoms with Crippen molar-refractivity contribution in [3.05, 3.63) is 52.4 Å². The van der Waals surface area contributed by atoms with E-state index in [4.69, 9.17) is 4.74 Å². The monoisotopic (exact) mass is 322 g/mol. The molecule has 110 valence electrons. The molecular weight excluding hydrogens is 308 g/mol. The fraction of sp³-hybridized carbons (Fsp3) is 0.267. The molecule has 0 amide bonds. The van der Waals surface area contributed by atoms with Crippen molar-refractivity contribution in [2.45, 2.75) is 23.7 Å². The lowest BCUT2D eigenvalue weighted by atomic mass is 10.1. The molecule has 0 aliphatic carbocycles. The van der Waals surface area contributed by atoms with Gasteiger partial charge in [-0.25, -0.2) is 13.2 Å². The number of hydrogen-bond acceptors (Lipinski definition) is 5. The standard InChI is InChI=1S/C15H14O4S2/c1-10-3-2-4-11(9-10)14(16)19-13-6-8-21(17,18)15-12(13)5-7-20-15/h2-5,7,9,13H,6,8H2,1H3/t13-/m0/s1. The highest BCUT2D eigenvalue weighted by Crippen LogP contribution is 2.38. The third kappa shape index (κ3) is 2.73. The average molecular weight is 322 g/mol. The summed E-state index contributed by atoms with van der Waals surface area (Å²) >= 11 is 1.18. The van der Waals surface area contributed by atoms with Crippen molar-refractivity contribution < 1.29 is 17.9 Å². The summed E-state index contributed by atoms with van der Waals surface area (Å²) in [5.74, 6) is -0.396. The zero-order valence-electron chi connectivity index (χ0n) is 11.4. The third-order valence-electron chi connectivity index (χ3n) is 3.44. The molecule has 2 aromatic rings. The van der Waals surface area contributed by atoms with Gasteiger partial charge in [-0.2, -0.15) is 0 Å². The maximum atomic E-state index is 12.2. The van der Waals surface area contributed by atoms with Crippen molar-refractivity contribution in [3.63, 3.8) is 0 Å². The van der Waals surface area contributed by atoms with E-state index in [0.717, 1.165) is 5.56 Å². The Morgan fingerprint density at radius 1 is 1.33 bits per heavy atom. The summed E-state index contributed by atoms with van der Waals surface area (Å²) < 4.78 is 29.7. The number of hydrogen-bond donors (Lipinski definition) is 0. The fourth-order valence-electron chi connectivity index (χ4n) is 2.40. The number of carbonyl (C=O) groups is 1. The van der Waals surface area contributed by atoms with Gasteiger partial charge in [0.25, 0.3) is 0 Å². The first kappa shape index (κ1) is 14.3. The van der Waals surface area contributed by atoms with Crippen LogP contribution >= 0.6 is 11.3 Å². The van der Waals surface area contributed by atoms with E-state index >= 15 is 0 Å². The first-order chi connectivity index (χ1) is 9.97. The largest absolute Gasteiger partial charge is 0.454 e. The Bertz CT molecular complexity index is 790. The predicted molar refractivity (Wildman–Crippen MR) is 80.3 cm³/mol. The van der Waals surface area contributed by atoms with E-state index in [-0.39, 0.29) is 5.75 Å². The number of esters is 1. The predicted octanol–water partition coefficient (Wildman–Crippen LogP) is 3.13. The van der Waals surface area contributed by atoms with Crippen LogP contribution in [0.2, 0.25) is 0 Å². The summed E-state index contributed by atoms with van der Waals surface area (Å²) in [6.45, 7) is 1.90. The summed E-state index contributed by atoms with van der Waals surface area (Å²) in [6.07, 6.45) is -0.174. The number of fused-ring (bicyclic) bond motifs is 1. The minimum absolute atomic E-state index is 0.0201. The second kappa shape index (κ2) is 5.27. The van der Waals surface area contributed by atoms with Gasteiger partial charge in [-0.3, -0.25) is 0 Å². The summed E-state index contributed by atoms with van der Waals surface area (Å²) in [4.78, 5) is 12.2. The zero-order valence-corrected chi connectivity index (χ0v) is 13.0. The van der Waals surface area contributed by atoms with E-state index in [1.165, 1.54) is 11.3 Å². The maximum Gasteiger partial charge on any atom is 0.338 e. The molecule has 0 radical (unpaired) electrons. The van der Waals surface area contributed by atoms with Crippen molar-refractivity contribution in [1.82, 2.24) is 0 Å². The van der Waals surface area contributed by atoms with Crippen molar-refractivity contribution in [2.75, 3.05) is 5.75 Å². The van der Waals surface area contributed by atoms with Crippen LogP contribution < -0.4 is 0 Å². The molecule has 2 heterocycles. The molecular formula is C15H14O4S2. The van der Waals surface area contributed by atoms with Gasteiger partial charge in [0.2, 0.25) is 0 Å². The van der Waals surface area contributed by atoms with Gasteiger partial charge in [-0.05, 0) is 30.5 Å². The number of sulfone groups is 1. The molecule has 1 aliphatic heterocycles. The van der Waals surface area contributed by atoms with Crippen molar-refractivity contribution in [2.24, 2.45) is 0 Å². The van der Waals surface area contributed by atoms with Crippen LogP contribution in [0, 0.1) is 6.92 Å². The molecule has 1 aliphatic rings. The molecule has 0 unspecified atom stereocenters. The summed E-state index contributed by atoms with van der Waals surface area (Å²) in [7, 11) is -3.21. The van der Waals surface area contributed by atoms with Gasteiger partial charge >= 0.3 is 5.97 Å². The molecule has 3 rings (SSSR count). The van der Waals surface area contributed by atoms with Gasteiger partial charge in [0.15, 0.2) is 9.84 Å². The van der Waals surface area contributed by atoms with E-state index in [2.05, 4.69) is 0 Å². The van der Waals surface area contributed by atoms with Crippen LogP contribution in [-0.4, -0.2) is 20.1 Å². The Labute approximate surface area is 127 Å². The number of thiophene rings is 1. The van der Waals surface area contributed by atoms with E-state index in [1.807, 2.05) is 13.0 Å². The van der Waals surface area contributed by atoms with Gasteiger partial charge in [-0.1, -0.05) is 17.7 Å². The molecule has 0 bridgehead atoms. The van der Waals surface area contributed by atoms with Crippen molar-refractivity contribution >= 4 is 27.1 Å². The van der Waals surface area contributed by atoms with Crippen LogP contribution in [0.1, 0.15) is 34.0 Å². The van der Waals surface area contributed by atoms with Crippen LogP contribution in [0.5, 0.6) is 0 Å². The Morgan fingerprint density at radius 3 is 2.90 bits per heavy atom. The summed E-state index contributed by atoms with van der Waals surface area (Å²) in [6, 6.07) is 8.89. The van der Waals surface area contributed by atoms with Crippen LogP contribution in [0.4, 0.5) is 0 Å². The molecule has 21 heavy (non-hydrogen) atoms. The summed E-state index contributed by atoms with van der Waals surface area (Å²) in [5.41, 5.74) is 2.07. The lowest BCUT2D eigenvalue weighted by molar-refractivity contribution is 0.0279. The Morgan fingerprint density at radius 2 is 2.14 bits per heavy atom.